The van der Waals surface area contributed by atoms with Crippen LogP contribution in [0.3, 0.4) is 0 Å². The van der Waals surface area contributed by atoms with Gasteiger partial charge in [0.25, 0.3) is 0 Å². The molecular formula is C14H18N2O2S. The van der Waals surface area contributed by atoms with Crippen molar-refractivity contribution in [3.8, 4) is 5.75 Å². The van der Waals surface area contributed by atoms with E-state index >= 15 is 0 Å². The van der Waals surface area contributed by atoms with E-state index in [0.29, 0.717) is 0 Å². The molecule has 5 heteroatoms. The summed E-state index contributed by atoms with van der Waals surface area (Å²) in [6, 6.07) is 5.98. The first-order chi connectivity index (χ1) is 9.29. The molecule has 1 aromatic rings. The quantitative estimate of drug-likeness (QED) is 0.893. The summed E-state index contributed by atoms with van der Waals surface area (Å²) in [4.78, 5) is 14.5. The summed E-state index contributed by atoms with van der Waals surface area (Å²) in [6.45, 7) is 0.807. The lowest BCUT2D eigenvalue weighted by Crippen LogP contribution is -2.47. The molecular weight excluding hydrogens is 260 g/mol. The topological polar surface area (TPSA) is 41.6 Å². The fourth-order valence-electron chi connectivity index (χ4n) is 2.65. The number of methoxy groups -OCH3 is 1. The summed E-state index contributed by atoms with van der Waals surface area (Å²) in [7, 11) is 1.66. The highest BCUT2D eigenvalue weighted by Crippen LogP contribution is 2.31. The normalized spacial score (nSPS) is 22.2. The van der Waals surface area contributed by atoms with Crippen LogP contribution in [0.1, 0.15) is 12.0 Å². The summed E-state index contributed by atoms with van der Waals surface area (Å²) in [5, 5.41) is 3.25. The van der Waals surface area contributed by atoms with E-state index < -0.39 is 0 Å². The van der Waals surface area contributed by atoms with Crippen LogP contribution in [0, 0.1) is 0 Å². The summed E-state index contributed by atoms with van der Waals surface area (Å²) in [5.74, 6) is 2.75. The Morgan fingerprint density at radius 1 is 1.53 bits per heavy atom. The number of fused-ring (bicyclic) bond motifs is 1. The number of nitrogens with one attached hydrogen (secondary N) is 1. The van der Waals surface area contributed by atoms with Gasteiger partial charge < -0.3 is 9.64 Å². The largest absolute Gasteiger partial charge is 0.497 e. The summed E-state index contributed by atoms with van der Waals surface area (Å²) < 4.78 is 5.28. The highest BCUT2D eigenvalue weighted by Gasteiger charge is 2.30. The maximum absolute atomic E-state index is 12.6. The van der Waals surface area contributed by atoms with E-state index in [2.05, 4.69) is 11.4 Å². The lowest BCUT2D eigenvalue weighted by Gasteiger charge is -2.31. The molecule has 2 aliphatic heterocycles. The molecule has 0 aliphatic carbocycles. The van der Waals surface area contributed by atoms with E-state index in [-0.39, 0.29) is 11.9 Å². The molecule has 19 heavy (non-hydrogen) atoms. The highest BCUT2D eigenvalue weighted by molar-refractivity contribution is 7.99. The Balaban J connectivity index is 1.90. The first-order valence-electron chi connectivity index (χ1n) is 6.59. The predicted octanol–water partition coefficient (Wildman–Crippen LogP) is 1.64. The summed E-state index contributed by atoms with van der Waals surface area (Å²) in [6.07, 6.45) is 2.07. The van der Waals surface area contributed by atoms with Crippen LogP contribution in [0.4, 0.5) is 5.69 Å². The Bertz CT molecular complexity index is 486. The standard InChI is InChI=1S/C14H18N2O2S/c1-18-11-5-4-10-3-2-6-16(13(10)7-11)14(17)12-8-19-9-15-12/h4-5,7,12,15H,2-3,6,8-9H2,1H3. The van der Waals surface area contributed by atoms with E-state index in [1.54, 1.807) is 18.9 Å². The number of aryl methyl sites for hydroxylation is 1. The number of nitrogens with zero attached hydrogens (tertiary/aromatic N) is 1. The number of hydrogen-bond acceptors (Lipinski definition) is 4. The number of hydrogen-bond donors (Lipinski definition) is 1. The van der Waals surface area contributed by atoms with Gasteiger partial charge in [-0.3, -0.25) is 10.1 Å². The highest BCUT2D eigenvalue weighted by atomic mass is 32.2. The zero-order chi connectivity index (χ0) is 13.2. The third-order valence-electron chi connectivity index (χ3n) is 3.69. The minimum Gasteiger partial charge on any atom is -0.497 e. The minimum absolute atomic E-state index is 0.0397. The third kappa shape index (κ3) is 2.44. The third-order valence-corrected chi connectivity index (χ3v) is 4.63. The van der Waals surface area contributed by atoms with Crippen LogP contribution in [0.25, 0.3) is 0 Å². The van der Waals surface area contributed by atoms with Gasteiger partial charge in [0.15, 0.2) is 0 Å². The molecule has 3 rings (SSSR count). The molecule has 2 aliphatic rings. The number of rotatable bonds is 2. The van der Waals surface area contributed by atoms with Crippen molar-refractivity contribution in [3.05, 3.63) is 23.8 Å². The van der Waals surface area contributed by atoms with Crippen molar-refractivity contribution in [1.29, 1.82) is 0 Å². The molecule has 1 unspecified atom stereocenters. The van der Waals surface area contributed by atoms with E-state index in [1.165, 1.54) is 5.56 Å². The zero-order valence-electron chi connectivity index (χ0n) is 11.0. The number of carbonyl (C=O) groups is 1. The van der Waals surface area contributed by atoms with Crippen LogP contribution in [-0.2, 0) is 11.2 Å². The molecule has 4 nitrogen and oxygen atoms in total. The van der Waals surface area contributed by atoms with Crippen LogP contribution in [0.5, 0.6) is 5.75 Å². The fourth-order valence-corrected chi connectivity index (χ4v) is 3.59. The lowest BCUT2D eigenvalue weighted by molar-refractivity contribution is -0.120. The molecule has 1 N–H and O–H groups in total. The Hall–Kier alpha value is -1.20. The van der Waals surface area contributed by atoms with E-state index in [0.717, 1.165) is 42.5 Å². The summed E-state index contributed by atoms with van der Waals surface area (Å²) in [5.41, 5.74) is 2.26. The van der Waals surface area contributed by atoms with Gasteiger partial charge in [-0.15, -0.1) is 11.8 Å². The number of anilines is 1. The monoisotopic (exact) mass is 278 g/mol. The molecule has 0 radical (unpaired) electrons. The van der Waals surface area contributed by atoms with Gasteiger partial charge >= 0.3 is 0 Å². The summed E-state index contributed by atoms with van der Waals surface area (Å²) >= 11 is 1.78. The second-order valence-electron chi connectivity index (χ2n) is 4.86. The average Bonchev–Trinajstić information content (AvgIpc) is 2.99. The Morgan fingerprint density at radius 2 is 2.42 bits per heavy atom. The molecule has 1 amide bonds. The fraction of sp³-hybridized carbons (Fsp3) is 0.500. The molecule has 0 spiro atoms. The van der Waals surface area contributed by atoms with Gasteiger partial charge in [0.05, 0.1) is 18.8 Å². The number of amides is 1. The molecule has 1 fully saturated rings. The number of ether oxygens (including phenoxy) is 1. The zero-order valence-corrected chi connectivity index (χ0v) is 11.8. The molecule has 1 saturated heterocycles. The molecule has 0 bridgehead atoms. The van der Waals surface area contributed by atoms with Gasteiger partial charge in [0.1, 0.15) is 5.75 Å². The Kier molecular flexibility index (Phi) is 3.66. The molecule has 1 atom stereocenters. The van der Waals surface area contributed by atoms with Crippen molar-refractivity contribution < 1.29 is 9.53 Å². The molecule has 2 heterocycles. The van der Waals surface area contributed by atoms with Crippen LogP contribution < -0.4 is 15.0 Å². The number of benzene rings is 1. The first-order valence-corrected chi connectivity index (χ1v) is 7.74. The van der Waals surface area contributed by atoms with Crippen molar-refractivity contribution >= 4 is 23.4 Å². The van der Waals surface area contributed by atoms with Crippen molar-refractivity contribution in [3.63, 3.8) is 0 Å². The number of carbonyl (C=O) groups excluding carboxylic acids is 1. The molecule has 0 saturated carbocycles. The molecule has 1 aromatic carbocycles. The maximum atomic E-state index is 12.6. The number of thioether (sulfide) groups is 1. The second kappa shape index (κ2) is 5.43. The van der Waals surface area contributed by atoms with Gasteiger partial charge in [0.2, 0.25) is 5.91 Å². The molecule has 0 aromatic heterocycles. The van der Waals surface area contributed by atoms with Crippen LogP contribution >= 0.6 is 11.8 Å². The van der Waals surface area contributed by atoms with Crippen LogP contribution in [0.2, 0.25) is 0 Å². The van der Waals surface area contributed by atoms with E-state index in [1.807, 2.05) is 17.0 Å². The second-order valence-corrected chi connectivity index (χ2v) is 5.89. The van der Waals surface area contributed by atoms with E-state index in [9.17, 15) is 4.79 Å². The lowest BCUT2D eigenvalue weighted by atomic mass is 10.0. The van der Waals surface area contributed by atoms with Crippen LogP contribution in [0.15, 0.2) is 18.2 Å². The minimum atomic E-state index is -0.0397. The van der Waals surface area contributed by atoms with Gasteiger partial charge in [0, 0.05) is 24.2 Å². The predicted molar refractivity (Wildman–Crippen MR) is 77.9 cm³/mol. The SMILES string of the molecule is COc1ccc2c(c1)N(C(=O)C1CSCN1)CCC2. The van der Waals surface area contributed by atoms with Crippen molar-refractivity contribution in [2.75, 3.05) is 30.2 Å². The van der Waals surface area contributed by atoms with Gasteiger partial charge in [-0.05, 0) is 24.5 Å². The van der Waals surface area contributed by atoms with Crippen molar-refractivity contribution in [2.24, 2.45) is 0 Å². The maximum Gasteiger partial charge on any atom is 0.245 e. The average molecular weight is 278 g/mol. The van der Waals surface area contributed by atoms with Crippen molar-refractivity contribution in [2.45, 2.75) is 18.9 Å². The van der Waals surface area contributed by atoms with Gasteiger partial charge in [-0.1, -0.05) is 6.07 Å². The smallest absolute Gasteiger partial charge is 0.245 e. The first kappa shape index (κ1) is 12.8. The van der Waals surface area contributed by atoms with E-state index in [4.69, 9.17) is 4.74 Å². The Morgan fingerprint density at radius 3 is 3.16 bits per heavy atom. The van der Waals surface area contributed by atoms with Crippen LogP contribution in [-0.4, -0.2) is 37.2 Å². The van der Waals surface area contributed by atoms with Gasteiger partial charge in [-0.25, -0.2) is 0 Å². The van der Waals surface area contributed by atoms with Crippen molar-refractivity contribution in [1.82, 2.24) is 5.32 Å². The van der Waals surface area contributed by atoms with Gasteiger partial charge in [-0.2, -0.15) is 0 Å². The molecule has 102 valence electrons. The Labute approximate surface area is 117 Å².